The van der Waals surface area contributed by atoms with Crippen molar-refractivity contribution in [2.24, 2.45) is 0 Å². The maximum atomic E-state index is 11.6. The molecule has 0 spiro atoms. The molecule has 0 bridgehead atoms. The van der Waals surface area contributed by atoms with Crippen LogP contribution in [0.3, 0.4) is 0 Å². The highest BCUT2D eigenvalue weighted by Crippen LogP contribution is 2.21. The number of nitrogens with one attached hydrogen (secondary N) is 1. The second-order valence-corrected chi connectivity index (χ2v) is 5.36. The summed E-state index contributed by atoms with van der Waals surface area (Å²) in [4.78, 5) is 13.7. The van der Waals surface area contributed by atoms with E-state index in [9.17, 15) is 9.90 Å². The molecule has 0 aliphatic heterocycles. The highest BCUT2D eigenvalue weighted by molar-refractivity contribution is 5.79. The molecule has 0 aromatic heterocycles. The molecule has 0 radical (unpaired) electrons. The van der Waals surface area contributed by atoms with Crippen LogP contribution in [0.2, 0.25) is 0 Å². The van der Waals surface area contributed by atoms with Gasteiger partial charge in [-0.3, -0.25) is 4.79 Å². The van der Waals surface area contributed by atoms with E-state index in [0.717, 1.165) is 24.2 Å². The van der Waals surface area contributed by atoms with E-state index in [1.807, 2.05) is 25.1 Å². The van der Waals surface area contributed by atoms with E-state index < -0.39 is 11.5 Å². The zero-order chi connectivity index (χ0) is 15.2. The number of hydrogen-bond acceptors (Lipinski definition) is 3. The number of carboxylic acid groups (broad SMARTS) is 1. The van der Waals surface area contributed by atoms with Gasteiger partial charge in [0.15, 0.2) is 0 Å². The van der Waals surface area contributed by atoms with Crippen LogP contribution in [0.5, 0.6) is 0 Å². The molecule has 112 valence electrons. The second kappa shape index (κ2) is 7.29. The lowest BCUT2D eigenvalue weighted by atomic mass is 10.0. The first-order valence-corrected chi connectivity index (χ1v) is 7.23. The summed E-state index contributed by atoms with van der Waals surface area (Å²) in [6.45, 7) is 9.82. The van der Waals surface area contributed by atoms with Gasteiger partial charge >= 0.3 is 5.97 Å². The first-order chi connectivity index (χ1) is 9.44. The first kappa shape index (κ1) is 16.5. The lowest BCUT2D eigenvalue weighted by Crippen LogP contribution is -2.57. The van der Waals surface area contributed by atoms with Crippen molar-refractivity contribution in [2.45, 2.75) is 39.7 Å². The van der Waals surface area contributed by atoms with Crippen molar-refractivity contribution >= 4 is 11.7 Å². The van der Waals surface area contributed by atoms with Gasteiger partial charge in [0.1, 0.15) is 5.54 Å². The van der Waals surface area contributed by atoms with E-state index in [2.05, 4.69) is 30.1 Å². The molecule has 0 heterocycles. The minimum Gasteiger partial charge on any atom is -0.480 e. The number of para-hydroxylation sites is 1. The predicted molar refractivity (Wildman–Crippen MR) is 83.4 cm³/mol. The minimum absolute atomic E-state index is 0.448. The van der Waals surface area contributed by atoms with Crippen LogP contribution < -0.4 is 10.2 Å². The lowest BCUT2D eigenvalue weighted by molar-refractivity contribution is -0.143. The molecule has 4 heteroatoms. The van der Waals surface area contributed by atoms with E-state index in [4.69, 9.17) is 0 Å². The first-order valence-electron chi connectivity index (χ1n) is 7.23. The zero-order valence-electron chi connectivity index (χ0n) is 12.9. The van der Waals surface area contributed by atoms with Gasteiger partial charge in [0.2, 0.25) is 0 Å². The van der Waals surface area contributed by atoms with Crippen LogP contribution in [-0.4, -0.2) is 36.2 Å². The monoisotopic (exact) mass is 278 g/mol. The Morgan fingerprint density at radius 3 is 2.50 bits per heavy atom. The van der Waals surface area contributed by atoms with Crippen LogP contribution in [0, 0.1) is 6.92 Å². The number of hydrogen-bond donors (Lipinski definition) is 2. The Bertz CT molecular complexity index is 448. The molecule has 4 nitrogen and oxygen atoms in total. The molecule has 1 aromatic rings. The quantitative estimate of drug-likeness (QED) is 0.767. The summed E-state index contributed by atoms with van der Waals surface area (Å²) < 4.78 is 0. The average Bonchev–Trinajstić information content (AvgIpc) is 2.43. The fraction of sp³-hybridized carbons (Fsp3) is 0.562. The largest absolute Gasteiger partial charge is 0.480 e. The number of aryl methyl sites for hydroxylation is 1. The van der Waals surface area contributed by atoms with Gasteiger partial charge in [0.05, 0.1) is 0 Å². The van der Waals surface area contributed by atoms with Gasteiger partial charge in [0, 0.05) is 18.8 Å². The van der Waals surface area contributed by atoms with E-state index in [1.165, 1.54) is 0 Å². The van der Waals surface area contributed by atoms with Crippen molar-refractivity contribution in [3.63, 3.8) is 0 Å². The number of carbonyl (C=O) groups is 1. The zero-order valence-corrected chi connectivity index (χ0v) is 12.9. The van der Waals surface area contributed by atoms with Crippen molar-refractivity contribution in [2.75, 3.05) is 24.5 Å². The molecule has 20 heavy (non-hydrogen) atoms. The SMILES string of the molecule is CCCNC(C)(CN(CC)c1ccccc1C)C(=O)O. The molecule has 0 amide bonds. The predicted octanol–water partition coefficient (Wildman–Crippen LogP) is 2.66. The number of carboxylic acids is 1. The molecule has 0 fully saturated rings. The molecule has 0 saturated carbocycles. The van der Waals surface area contributed by atoms with Gasteiger partial charge in [-0.15, -0.1) is 0 Å². The van der Waals surface area contributed by atoms with E-state index in [-0.39, 0.29) is 0 Å². The maximum absolute atomic E-state index is 11.6. The lowest BCUT2D eigenvalue weighted by Gasteiger charge is -2.34. The third kappa shape index (κ3) is 3.97. The standard InChI is InChI=1S/C16H26N2O2/c1-5-11-17-16(4,15(19)20)12-18(6-2)14-10-8-7-9-13(14)3/h7-10,17H,5-6,11-12H2,1-4H3,(H,19,20). The topological polar surface area (TPSA) is 52.6 Å². The van der Waals surface area contributed by atoms with Crippen LogP contribution in [0.25, 0.3) is 0 Å². The summed E-state index contributed by atoms with van der Waals surface area (Å²) in [6.07, 6.45) is 0.916. The highest BCUT2D eigenvalue weighted by Gasteiger charge is 2.34. The van der Waals surface area contributed by atoms with Crippen LogP contribution in [0.4, 0.5) is 5.69 Å². The number of nitrogens with zero attached hydrogens (tertiary/aromatic N) is 1. The number of anilines is 1. The number of rotatable bonds is 8. The van der Waals surface area contributed by atoms with Gasteiger partial charge in [-0.2, -0.15) is 0 Å². The fourth-order valence-corrected chi connectivity index (χ4v) is 2.27. The van der Waals surface area contributed by atoms with Gasteiger partial charge < -0.3 is 15.3 Å². The molecule has 0 saturated heterocycles. The van der Waals surface area contributed by atoms with Crippen LogP contribution >= 0.6 is 0 Å². The summed E-state index contributed by atoms with van der Waals surface area (Å²) in [5.41, 5.74) is 1.33. The Labute approximate surface area is 121 Å². The van der Waals surface area contributed by atoms with Crippen LogP contribution in [-0.2, 0) is 4.79 Å². The molecular formula is C16H26N2O2. The van der Waals surface area contributed by atoms with Crippen molar-refractivity contribution < 1.29 is 9.90 Å². The number of likely N-dealkylation sites (N-methyl/N-ethyl adjacent to an activating group) is 1. The van der Waals surface area contributed by atoms with Crippen LogP contribution in [0.15, 0.2) is 24.3 Å². The molecule has 1 atom stereocenters. The Hall–Kier alpha value is -1.55. The molecule has 1 rings (SSSR count). The Morgan fingerprint density at radius 1 is 1.35 bits per heavy atom. The molecule has 0 aliphatic carbocycles. The number of benzene rings is 1. The van der Waals surface area contributed by atoms with Crippen molar-refractivity contribution in [1.29, 1.82) is 0 Å². The van der Waals surface area contributed by atoms with Gasteiger partial charge in [-0.05, 0) is 45.4 Å². The van der Waals surface area contributed by atoms with E-state index in [1.54, 1.807) is 6.92 Å². The summed E-state index contributed by atoms with van der Waals surface area (Å²) in [5.74, 6) is -0.807. The van der Waals surface area contributed by atoms with Gasteiger partial charge in [0.25, 0.3) is 0 Å². The second-order valence-electron chi connectivity index (χ2n) is 5.36. The Morgan fingerprint density at radius 2 is 2.00 bits per heavy atom. The van der Waals surface area contributed by atoms with E-state index >= 15 is 0 Å². The highest BCUT2D eigenvalue weighted by atomic mass is 16.4. The normalized spacial score (nSPS) is 13.8. The van der Waals surface area contributed by atoms with Crippen molar-refractivity contribution in [1.82, 2.24) is 5.32 Å². The summed E-state index contributed by atoms with van der Waals surface area (Å²) in [7, 11) is 0. The van der Waals surface area contributed by atoms with Crippen molar-refractivity contribution in [3.05, 3.63) is 29.8 Å². The smallest absolute Gasteiger partial charge is 0.325 e. The Kier molecular flexibility index (Phi) is 6.02. The third-order valence-corrected chi connectivity index (χ3v) is 3.58. The molecular weight excluding hydrogens is 252 g/mol. The third-order valence-electron chi connectivity index (χ3n) is 3.58. The van der Waals surface area contributed by atoms with Crippen molar-refractivity contribution in [3.8, 4) is 0 Å². The van der Waals surface area contributed by atoms with E-state index in [0.29, 0.717) is 13.1 Å². The maximum Gasteiger partial charge on any atom is 0.325 e. The molecule has 1 aromatic carbocycles. The van der Waals surface area contributed by atoms with Gasteiger partial charge in [-0.1, -0.05) is 25.1 Å². The van der Waals surface area contributed by atoms with Crippen LogP contribution in [0.1, 0.15) is 32.8 Å². The number of aliphatic carboxylic acids is 1. The molecule has 1 unspecified atom stereocenters. The minimum atomic E-state index is -0.936. The van der Waals surface area contributed by atoms with Gasteiger partial charge in [-0.25, -0.2) is 0 Å². The molecule has 2 N–H and O–H groups in total. The Balaban J connectivity index is 2.95. The molecule has 0 aliphatic rings. The summed E-state index contributed by atoms with van der Waals surface area (Å²) in [5, 5.41) is 12.7. The summed E-state index contributed by atoms with van der Waals surface area (Å²) >= 11 is 0. The average molecular weight is 278 g/mol. The summed E-state index contributed by atoms with van der Waals surface area (Å²) in [6, 6.07) is 8.08. The fourth-order valence-electron chi connectivity index (χ4n) is 2.27.